The van der Waals surface area contributed by atoms with Crippen LogP contribution < -0.4 is 0 Å². The van der Waals surface area contributed by atoms with E-state index in [9.17, 15) is 10.1 Å². The first-order chi connectivity index (χ1) is 12.1. The lowest BCUT2D eigenvalue weighted by Gasteiger charge is -2.46. The predicted octanol–water partition coefficient (Wildman–Crippen LogP) is 2.98. The summed E-state index contributed by atoms with van der Waals surface area (Å²) in [6.07, 6.45) is -0.553. The second-order valence-corrected chi connectivity index (χ2v) is 6.27. The third-order valence-corrected chi connectivity index (χ3v) is 4.61. The van der Waals surface area contributed by atoms with E-state index in [4.69, 9.17) is 4.74 Å². The van der Waals surface area contributed by atoms with Crippen molar-refractivity contribution in [2.24, 2.45) is 0 Å². The van der Waals surface area contributed by atoms with Gasteiger partial charge < -0.3 is 4.74 Å². The number of rotatable bonds is 3. The van der Waals surface area contributed by atoms with E-state index in [0.717, 1.165) is 11.1 Å². The topological polar surface area (TPSA) is 56.6 Å². The van der Waals surface area contributed by atoms with E-state index < -0.39 is 12.3 Å². The number of hydrogen-bond donors (Lipinski definition) is 0. The van der Waals surface area contributed by atoms with Gasteiger partial charge in [0.25, 0.3) is 5.91 Å². The van der Waals surface area contributed by atoms with Crippen molar-refractivity contribution < 1.29 is 9.53 Å². The normalized spacial score (nSPS) is 22.4. The zero-order chi connectivity index (χ0) is 18.0. The quantitative estimate of drug-likeness (QED) is 0.865. The Morgan fingerprint density at radius 3 is 2.24 bits per heavy atom. The summed E-state index contributed by atoms with van der Waals surface area (Å²) < 4.78 is 5.72. The SMILES string of the molecule is CO[C@H]1[C@H](N(C)C)c2ccccc2[C@@H](C#N)N1C(=O)c1ccccc1. The summed E-state index contributed by atoms with van der Waals surface area (Å²) in [4.78, 5) is 16.8. The molecule has 25 heavy (non-hydrogen) atoms. The van der Waals surface area contributed by atoms with Gasteiger partial charge in [-0.25, -0.2) is 0 Å². The summed E-state index contributed by atoms with van der Waals surface area (Å²) in [6.45, 7) is 0. The van der Waals surface area contributed by atoms with Crippen LogP contribution in [0, 0.1) is 11.3 Å². The van der Waals surface area contributed by atoms with Crippen molar-refractivity contribution >= 4 is 5.91 Å². The molecule has 1 amide bonds. The molecule has 0 saturated heterocycles. The first kappa shape index (κ1) is 17.2. The second-order valence-electron chi connectivity index (χ2n) is 6.27. The Morgan fingerprint density at radius 2 is 1.68 bits per heavy atom. The van der Waals surface area contributed by atoms with Gasteiger partial charge in [0.15, 0.2) is 6.23 Å². The Kier molecular flexibility index (Phi) is 4.84. The van der Waals surface area contributed by atoms with Crippen LogP contribution in [0.2, 0.25) is 0 Å². The van der Waals surface area contributed by atoms with E-state index in [1.54, 1.807) is 24.1 Å². The lowest BCUT2D eigenvalue weighted by atomic mass is 9.87. The smallest absolute Gasteiger partial charge is 0.257 e. The summed E-state index contributed by atoms with van der Waals surface area (Å²) in [7, 11) is 5.48. The van der Waals surface area contributed by atoms with Crippen molar-refractivity contribution in [3.8, 4) is 6.07 Å². The summed E-state index contributed by atoms with van der Waals surface area (Å²) >= 11 is 0. The molecule has 1 aliphatic rings. The zero-order valence-corrected chi connectivity index (χ0v) is 14.6. The molecule has 5 heteroatoms. The Bertz CT molecular complexity index is 798. The molecule has 0 unspecified atom stereocenters. The minimum Gasteiger partial charge on any atom is -0.359 e. The molecular weight excluding hydrogens is 314 g/mol. The number of carbonyl (C=O) groups excluding carboxylic acids is 1. The summed E-state index contributed by atoms with van der Waals surface area (Å²) in [5, 5.41) is 9.83. The Hall–Kier alpha value is -2.68. The van der Waals surface area contributed by atoms with Crippen LogP contribution in [0.25, 0.3) is 0 Å². The number of ether oxygens (including phenoxy) is 1. The minimum atomic E-state index is -0.690. The summed E-state index contributed by atoms with van der Waals surface area (Å²) in [5.74, 6) is -0.208. The van der Waals surface area contributed by atoms with Gasteiger partial charge >= 0.3 is 0 Å². The van der Waals surface area contributed by atoms with Crippen molar-refractivity contribution in [1.82, 2.24) is 9.80 Å². The Balaban J connectivity index is 2.16. The molecule has 2 aromatic carbocycles. The highest BCUT2D eigenvalue weighted by molar-refractivity contribution is 5.95. The fourth-order valence-corrected chi connectivity index (χ4v) is 3.50. The van der Waals surface area contributed by atoms with Crippen LogP contribution in [0.1, 0.15) is 33.6 Å². The van der Waals surface area contributed by atoms with Crippen LogP contribution in [0.3, 0.4) is 0 Å². The molecule has 3 atom stereocenters. The number of benzene rings is 2. The first-order valence-corrected chi connectivity index (χ1v) is 8.15. The van der Waals surface area contributed by atoms with Gasteiger partial charge in [-0.15, -0.1) is 0 Å². The number of hydrogen-bond acceptors (Lipinski definition) is 4. The van der Waals surface area contributed by atoms with Gasteiger partial charge in [0.05, 0.1) is 12.1 Å². The number of carbonyl (C=O) groups is 1. The molecular formula is C20H21N3O2. The monoisotopic (exact) mass is 335 g/mol. The Morgan fingerprint density at radius 1 is 1.08 bits per heavy atom. The molecule has 0 saturated carbocycles. The van der Waals surface area contributed by atoms with E-state index in [1.807, 2.05) is 61.5 Å². The summed E-state index contributed by atoms with van der Waals surface area (Å²) in [6, 6.07) is 18.2. The third-order valence-electron chi connectivity index (χ3n) is 4.61. The number of nitrogens with zero attached hydrogens (tertiary/aromatic N) is 3. The fourth-order valence-electron chi connectivity index (χ4n) is 3.50. The van der Waals surface area contributed by atoms with E-state index in [-0.39, 0.29) is 11.9 Å². The number of methoxy groups -OCH3 is 1. The van der Waals surface area contributed by atoms with Gasteiger partial charge in [0, 0.05) is 12.7 Å². The number of fused-ring (bicyclic) bond motifs is 1. The number of nitriles is 1. The maximum Gasteiger partial charge on any atom is 0.257 e. The third kappa shape index (κ3) is 2.91. The van der Waals surface area contributed by atoms with Gasteiger partial charge in [0.2, 0.25) is 0 Å². The number of amides is 1. The molecule has 5 nitrogen and oxygen atoms in total. The molecule has 3 rings (SSSR count). The summed E-state index contributed by atoms with van der Waals surface area (Å²) in [5.41, 5.74) is 2.41. The van der Waals surface area contributed by atoms with Gasteiger partial charge in [-0.1, -0.05) is 42.5 Å². The van der Waals surface area contributed by atoms with E-state index in [2.05, 4.69) is 6.07 Å². The van der Waals surface area contributed by atoms with Gasteiger partial charge in [-0.05, 0) is 37.4 Å². The molecule has 128 valence electrons. The predicted molar refractivity (Wildman–Crippen MR) is 94.6 cm³/mol. The van der Waals surface area contributed by atoms with Crippen molar-refractivity contribution in [2.45, 2.75) is 18.3 Å². The molecule has 0 radical (unpaired) electrons. The fraction of sp³-hybridized carbons (Fsp3) is 0.300. The van der Waals surface area contributed by atoms with Crippen molar-refractivity contribution in [1.29, 1.82) is 5.26 Å². The lowest BCUT2D eigenvalue weighted by molar-refractivity contribution is -0.0819. The highest BCUT2D eigenvalue weighted by atomic mass is 16.5. The number of likely N-dealkylation sites (N-methyl/N-ethyl adjacent to an activating group) is 1. The first-order valence-electron chi connectivity index (χ1n) is 8.15. The molecule has 1 heterocycles. The van der Waals surface area contributed by atoms with Crippen molar-refractivity contribution in [2.75, 3.05) is 21.2 Å². The highest BCUT2D eigenvalue weighted by Crippen LogP contribution is 2.41. The standard InChI is InChI=1S/C20H21N3O2/c1-22(2)18-16-12-8-7-11-15(16)17(13-21)23(20(18)25-3)19(24)14-9-5-4-6-10-14/h4-12,17-18,20H,1-3H3/t17-,18-,20+/m1/s1. The average molecular weight is 335 g/mol. The van der Waals surface area contributed by atoms with Crippen LogP contribution in [0.5, 0.6) is 0 Å². The molecule has 0 bridgehead atoms. The molecule has 0 N–H and O–H groups in total. The van der Waals surface area contributed by atoms with Crippen LogP contribution >= 0.6 is 0 Å². The average Bonchev–Trinajstić information content (AvgIpc) is 2.65. The van der Waals surface area contributed by atoms with Gasteiger partial charge in [-0.2, -0.15) is 5.26 Å². The molecule has 0 aromatic heterocycles. The molecule has 0 spiro atoms. The van der Waals surface area contributed by atoms with Crippen LogP contribution in [0.15, 0.2) is 54.6 Å². The van der Waals surface area contributed by atoms with E-state index in [1.165, 1.54) is 0 Å². The van der Waals surface area contributed by atoms with Crippen LogP contribution in [0.4, 0.5) is 0 Å². The highest BCUT2D eigenvalue weighted by Gasteiger charge is 2.44. The van der Waals surface area contributed by atoms with E-state index >= 15 is 0 Å². The second kappa shape index (κ2) is 7.06. The zero-order valence-electron chi connectivity index (χ0n) is 14.6. The van der Waals surface area contributed by atoms with Crippen molar-refractivity contribution in [3.05, 3.63) is 71.3 Å². The minimum absolute atomic E-state index is 0.154. The molecule has 0 aliphatic carbocycles. The van der Waals surface area contributed by atoms with Crippen molar-refractivity contribution in [3.63, 3.8) is 0 Å². The van der Waals surface area contributed by atoms with Gasteiger partial charge in [-0.3, -0.25) is 14.6 Å². The van der Waals surface area contributed by atoms with Crippen LogP contribution in [-0.4, -0.2) is 43.1 Å². The Labute approximate surface area is 148 Å². The molecule has 0 fully saturated rings. The van der Waals surface area contributed by atoms with Gasteiger partial charge in [0.1, 0.15) is 6.04 Å². The van der Waals surface area contributed by atoms with Crippen LogP contribution in [-0.2, 0) is 4.74 Å². The maximum absolute atomic E-state index is 13.2. The molecule has 1 aliphatic heterocycles. The largest absolute Gasteiger partial charge is 0.359 e. The van der Waals surface area contributed by atoms with E-state index in [0.29, 0.717) is 5.56 Å². The molecule has 2 aromatic rings. The lowest BCUT2D eigenvalue weighted by Crippen LogP contribution is -2.53. The maximum atomic E-state index is 13.2.